The van der Waals surface area contributed by atoms with E-state index in [1.54, 1.807) is 6.20 Å². The number of nitrogens with zero attached hydrogens (tertiary/aromatic N) is 1. The van der Waals surface area contributed by atoms with E-state index in [9.17, 15) is 5.11 Å². The Bertz CT molecular complexity index is 739. The first-order valence-electron chi connectivity index (χ1n) is 6.76. The normalized spacial score (nSPS) is 12.6. The van der Waals surface area contributed by atoms with E-state index in [2.05, 4.69) is 4.98 Å². The second-order valence-corrected chi connectivity index (χ2v) is 5.13. The Kier molecular flexibility index (Phi) is 3.25. The fourth-order valence-electron chi connectivity index (χ4n) is 2.76. The Hall–Kier alpha value is -2.19. The van der Waals surface area contributed by atoms with E-state index < -0.39 is 6.10 Å². The number of fused-ring (bicyclic) bond motifs is 1. The quantitative estimate of drug-likeness (QED) is 0.760. The van der Waals surface area contributed by atoms with Crippen molar-refractivity contribution in [2.75, 3.05) is 0 Å². The maximum Gasteiger partial charge on any atom is 0.107 e. The van der Waals surface area contributed by atoms with Crippen molar-refractivity contribution in [3.63, 3.8) is 0 Å². The van der Waals surface area contributed by atoms with Gasteiger partial charge in [-0.05, 0) is 36.6 Å². The zero-order chi connectivity index (χ0) is 14.1. The second kappa shape index (κ2) is 5.06. The number of aliphatic hydroxyl groups excluding tert-OH is 1. The summed E-state index contributed by atoms with van der Waals surface area (Å²) in [6.45, 7) is 4.06. The third-order valence-electron chi connectivity index (χ3n) is 3.77. The van der Waals surface area contributed by atoms with E-state index >= 15 is 0 Å². The van der Waals surface area contributed by atoms with Crippen LogP contribution in [0.4, 0.5) is 0 Å². The molecule has 2 heteroatoms. The number of pyridine rings is 1. The Morgan fingerprint density at radius 1 is 0.900 bits per heavy atom. The summed E-state index contributed by atoms with van der Waals surface area (Å²) in [6.07, 6.45) is 1.12. The van der Waals surface area contributed by atoms with Crippen molar-refractivity contribution in [1.29, 1.82) is 0 Å². The Morgan fingerprint density at radius 3 is 2.30 bits per heavy atom. The number of aromatic nitrogens is 1. The van der Waals surface area contributed by atoms with Crippen LogP contribution >= 0.6 is 0 Å². The van der Waals surface area contributed by atoms with Gasteiger partial charge in [0.1, 0.15) is 6.10 Å². The van der Waals surface area contributed by atoms with Gasteiger partial charge in [-0.1, -0.05) is 42.5 Å². The molecule has 0 radical (unpaired) electrons. The predicted molar refractivity (Wildman–Crippen MR) is 81.7 cm³/mol. The molecule has 0 amide bonds. The van der Waals surface area contributed by atoms with Crippen molar-refractivity contribution in [2.24, 2.45) is 0 Å². The summed E-state index contributed by atoms with van der Waals surface area (Å²) in [5.74, 6) is 0. The van der Waals surface area contributed by atoms with Gasteiger partial charge < -0.3 is 5.11 Å². The topological polar surface area (TPSA) is 33.1 Å². The fourth-order valence-corrected chi connectivity index (χ4v) is 2.76. The molecule has 1 aromatic heterocycles. The van der Waals surface area contributed by atoms with Crippen molar-refractivity contribution < 1.29 is 5.11 Å². The molecule has 0 aliphatic carbocycles. The van der Waals surface area contributed by atoms with Gasteiger partial charge in [0.05, 0.1) is 5.52 Å². The van der Waals surface area contributed by atoms with E-state index in [-0.39, 0.29) is 0 Å². The molecule has 0 saturated carbocycles. The van der Waals surface area contributed by atoms with Gasteiger partial charge in [-0.15, -0.1) is 0 Å². The highest BCUT2D eigenvalue weighted by atomic mass is 16.3. The summed E-state index contributed by atoms with van der Waals surface area (Å²) in [5.41, 5.74) is 4.91. The number of hydrogen-bond acceptors (Lipinski definition) is 2. The lowest BCUT2D eigenvalue weighted by atomic mass is 9.92. The third kappa shape index (κ3) is 2.08. The van der Waals surface area contributed by atoms with Gasteiger partial charge in [0.2, 0.25) is 0 Å². The maximum absolute atomic E-state index is 10.8. The molecule has 1 unspecified atom stereocenters. The first-order chi connectivity index (χ1) is 9.68. The fraction of sp³-hybridized carbons (Fsp3) is 0.167. The molecule has 3 rings (SSSR count). The Labute approximate surface area is 118 Å². The lowest BCUT2D eigenvalue weighted by Gasteiger charge is -2.18. The minimum absolute atomic E-state index is 0.644. The van der Waals surface area contributed by atoms with Gasteiger partial charge in [0.25, 0.3) is 0 Å². The number of aryl methyl sites for hydroxylation is 2. The molecule has 0 saturated heterocycles. The number of rotatable bonds is 2. The van der Waals surface area contributed by atoms with E-state index in [1.807, 2.05) is 62.4 Å². The molecule has 20 heavy (non-hydrogen) atoms. The molecule has 2 nitrogen and oxygen atoms in total. The minimum atomic E-state index is -0.644. The summed E-state index contributed by atoms with van der Waals surface area (Å²) in [6, 6.07) is 15.9. The Morgan fingerprint density at radius 2 is 1.55 bits per heavy atom. The van der Waals surface area contributed by atoms with E-state index in [0.717, 1.165) is 33.2 Å². The van der Waals surface area contributed by atoms with E-state index in [0.29, 0.717) is 0 Å². The summed E-state index contributed by atoms with van der Waals surface area (Å²) in [4.78, 5) is 4.43. The summed E-state index contributed by atoms with van der Waals surface area (Å²) in [7, 11) is 0. The van der Waals surface area contributed by atoms with Crippen LogP contribution < -0.4 is 0 Å². The molecule has 0 fully saturated rings. The third-order valence-corrected chi connectivity index (χ3v) is 3.77. The van der Waals surface area contributed by atoms with Gasteiger partial charge >= 0.3 is 0 Å². The number of para-hydroxylation sites is 1. The average molecular weight is 263 g/mol. The van der Waals surface area contributed by atoms with Crippen LogP contribution in [0.15, 0.2) is 54.7 Å². The molecule has 0 spiro atoms. The smallest absolute Gasteiger partial charge is 0.107 e. The highest BCUT2D eigenvalue weighted by Crippen LogP contribution is 2.31. The molecule has 1 heterocycles. The molecule has 3 aromatic rings. The van der Waals surface area contributed by atoms with Gasteiger partial charge in [0, 0.05) is 17.1 Å². The number of aliphatic hydroxyl groups is 1. The van der Waals surface area contributed by atoms with Crippen LogP contribution in [-0.2, 0) is 0 Å². The molecule has 2 aromatic carbocycles. The van der Waals surface area contributed by atoms with Crippen LogP contribution in [0.3, 0.4) is 0 Å². The molecular formula is C18H17NO. The highest BCUT2D eigenvalue weighted by Gasteiger charge is 2.17. The average Bonchev–Trinajstić information content (AvgIpc) is 2.46. The van der Waals surface area contributed by atoms with Gasteiger partial charge in [0.15, 0.2) is 0 Å². The van der Waals surface area contributed by atoms with Gasteiger partial charge in [-0.3, -0.25) is 4.98 Å². The van der Waals surface area contributed by atoms with Crippen LogP contribution in [0.2, 0.25) is 0 Å². The zero-order valence-corrected chi connectivity index (χ0v) is 11.7. The minimum Gasteiger partial charge on any atom is -0.384 e. The lowest BCUT2D eigenvalue weighted by Crippen LogP contribution is -2.05. The molecule has 1 N–H and O–H groups in total. The van der Waals surface area contributed by atoms with Crippen molar-refractivity contribution in [3.8, 4) is 0 Å². The van der Waals surface area contributed by atoms with Gasteiger partial charge in [-0.2, -0.15) is 0 Å². The second-order valence-electron chi connectivity index (χ2n) is 5.13. The number of benzene rings is 2. The monoisotopic (exact) mass is 263 g/mol. The maximum atomic E-state index is 10.8. The van der Waals surface area contributed by atoms with Crippen molar-refractivity contribution in [2.45, 2.75) is 20.0 Å². The summed E-state index contributed by atoms with van der Waals surface area (Å²) < 4.78 is 0. The molecule has 0 aliphatic rings. The molecule has 0 aliphatic heterocycles. The van der Waals surface area contributed by atoms with Crippen molar-refractivity contribution >= 4 is 10.9 Å². The van der Waals surface area contributed by atoms with Crippen LogP contribution in [0.1, 0.15) is 28.4 Å². The van der Waals surface area contributed by atoms with Crippen LogP contribution in [0.5, 0.6) is 0 Å². The molecule has 100 valence electrons. The SMILES string of the molecule is Cc1cccc(C)c1C(O)c1cccc2cccnc12. The van der Waals surface area contributed by atoms with E-state index in [4.69, 9.17) is 0 Å². The lowest BCUT2D eigenvalue weighted by molar-refractivity contribution is 0.220. The first-order valence-corrected chi connectivity index (χ1v) is 6.76. The molecular weight excluding hydrogens is 246 g/mol. The van der Waals surface area contributed by atoms with Crippen LogP contribution in [0, 0.1) is 13.8 Å². The van der Waals surface area contributed by atoms with Crippen LogP contribution in [0.25, 0.3) is 10.9 Å². The first kappa shape index (κ1) is 12.8. The number of hydrogen-bond donors (Lipinski definition) is 1. The predicted octanol–water partition coefficient (Wildman–Crippen LogP) is 3.93. The largest absolute Gasteiger partial charge is 0.384 e. The van der Waals surface area contributed by atoms with E-state index in [1.165, 1.54) is 0 Å². The zero-order valence-electron chi connectivity index (χ0n) is 11.7. The standard InChI is InChI=1S/C18H17NO/c1-12-6-3-7-13(2)16(12)18(20)15-10-4-8-14-9-5-11-19-17(14)15/h3-11,18,20H,1-2H3. The van der Waals surface area contributed by atoms with Crippen molar-refractivity contribution in [1.82, 2.24) is 4.98 Å². The highest BCUT2D eigenvalue weighted by molar-refractivity contribution is 5.82. The van der Waals surface area contributed by atoms with Crippen LogP contribution in [-0.4, -0.2) is 10.1 Å². The molecule has 0 bridgehead atoms. The molecule has 1 atom stereocenters. The summed E-state index contributed by atoms with van der Waals surface area (Å²) >= 11 is 0. The van der Waals surface area contributed by atoms with Crippen molar-refractivity contribution in [3.05, 3.63) is 77.0 Å². The summed E-state index contributed by atoms with van der Waals surface area (Å²) in [5, 5.41) is 11.9. The van der Waals surface area contributed by atoms with Gasteiger partial charge in [-0.25, -0.2) is 0 Å². The Balaban J connectivity index is 2.21.